The molecule has 132 valence electrons. The maximum atomic E-state index is 12.7. The van der Waals surface area contributed by atoms with Gasteiger partial charge in [-0.3, -0.25) is 13.8 Å². The van der Waals surface area contributed by atoms with Gasteiger partial charge in [0.15, 0.2) is 0 Å². The summed E-state index contributed by atoms with van der Waals surface area (Å²) in [4.78, 5) is 12.7. The smallest absolute Gasteiger partial charge is 0.256 e. The molecule has 4 rings (SSSR count). The fourth-order valence-corrected chi connectivity index (χ4v) is 4.67. The van der Waals surface area contributed by atoms with Gasteiger partial charge in [0.25, 0.3) is 5.91 Å². The lowest BCUT2D eigenvalue weighted by atomic mass is 10.1. The maximum Gasteiger partial charge on any atom is 0.256 e. The molecule has 7 nitrogen and oxygen atoms in total. The van der Waals surface area contributed by atoms with Crippen LogP contribution in [-0.4, -0.2) is 36.9 Å². The normalized spacial score (nSPS) is 16.0. The van der Waals surface area contributed by atoms with Crippen molar-refractivity contribution in [3.05, 3.63) is 40.6 Å². The van der Waals surface area contributed by atoms with E-state index in [0.717, 1.165) is 41.9 Å². The third-order valence-electron chi connectivity index (χ3n) is 4.90. The van der Waals surface area contributed by atoms with Gasteiger partial charge in [0.05, 0.1) is 17.6 Å². The Morgan fingerprint density at radius 1 is 1.24 bits per heavy atom. The van der Waals surface area contributed by atoms with Crippen LogP contribution in [-0.2, 0) is 36.3 Å². The van der Waals surface area contributed by atoms with Gasteiger partial charge in [-0.15, -0.1) is 0 Å². The third-order valence-corrected chi connectivity index (χ3v) is 6.08. The highest BCUT2D eigenvalue weighted by atomic mass is 32.2. The molecule has 1 aliphatic carbocycles. The third kappa shape index (κ3) is 2.70. The van der Waals surface area contributed by atoms with Gasteiger partial charge in [-0.25, -0.2) is 8.42 Å². The molecule has 8 heteroatoms. The lowest BCUT2D eigenvalue weighted by Gasteiger charge is -2.16. The number of rotatable bonds is 3. The Balaban J connectivity index is 1.60. The van der Waals surface area contributed by atoms with Crippen LogP contribution in [0, 0.1) is 0 Å². The van der Waals surface area contributed by atoms with Crippen molar-refractivity contribution in [2.75, 3.05) is 22.4 Å². The van der Waals surface area contributed by atoms with Crippen molar-refractivity contribution in [1.82, 2.24) is 9.78 Å². The molecule has 1 amide bonds. The van der Waals surface area contributed by atoms with E-state index in [4.69, 9.17) is 0 Å². The highest BCUT2D eigenvalue weighted by molar-refractivity contribution is 7.92. The van der Waals surface area contributed by atoms with Crippen LogP contribution in [0.5, 0.6) is 0 Å². The van der Waals surface area contributed by atoms with E-state index >= 15 is 0 Å². The van der Waals surface area contributed by atoms with E-state index < -0.39 is 10.0 Å². The fourth-order valence-electron chi connectivity index (χ4n) is 3.71. The van der Waals surface area contributed by atoms with Crippen molar-refractivity contribution >= 4 is 27.4 Å². The summed E-state index contributed by atoms with van der Waals surface area (Å²) in [7, 11) is -1.45. The first-order valence-corrected chi connectivity index (χ1v) is 10.2. The van der Waals surface area contributed by atoms with Crippen molar-refractivity contribution < 1.29 is 13.2 Å². The zero-order chi connectivity index (χ0) is 17.8. The summed E-state index contributed by atoms with van der Waals surface area (Å²) in [5.41, 5.74) is 4.27. The van der Waals surface area contributed by atoms with E-state index in [1.165, 1.54) is 10.6 Å². The summed E-state index contributed by atoms with van der Waals surface area (Å²) in [5.74, 6) is 0.564. The summed E-state index contributed by atoms with van der Waals surface area (Å²) in [6, 6.07) is 5.17. The van der Waals surface area contributed by atoms with Crippen LogP contribution in [0.3, 0.4) is 0 Å². The summed E-state index contributed by atoms with van der Waals surface area (Å²) >= 11 is 0. The van der Waals surface area contributed by atoms with Gasteiger partial charge < -0.3 is 5.32 Å². The number of fused-ring (bicyclic) bond motifs is 2. The number of aromatic nitrogens is 2. The van der Waals surface area contributed by atoms with Crippen LogP contribution in [0.4, 0.5) is 11.5 Å². The van der Waals surface area contributed by atoms with Gasteiger partial charge in [-0.1, -0.05) is 0 Å². The molecule has 0 saturated carbocycles. The predicted octanol–water partition coefficient (Wildman–Crippen LogP) is 1.48. The molecular weight excluding hydrogens is 340 g/mol. The Hall–Kier alpha value is -2.35. The number of nitrogens with one attached hydrogen (secondary N) is 1. The molecule has 2 heterocycles. The Labute approximate surface area is 146 Å². The Kier molecular flexibility index (Phi) is 3.61. The molecule has 25 heavy (non-hydrogen) atoms. The SMILES string of the molecule is Cn1nc2c(c1NC(=O)c1ccc3c(c1)CCN3S(C)(=O)=O)CCC2. The number of anilines is 2. The largest absolute Gasteiger partial charge is 0.307 e. The van der Waals surface area contributed by atoms with Crippen molar-refractivity contribution in [2.24, 2.45) is 7.05 Å². The molecule has 0 atom stereocenters. The standard InChI is InChI=1S/C17H20N4O3S/c1-20-16(13-4-3-5-14(13)19-20)18-17(22)12-6-7-15-11(10-12)8-9-21(15)25(2,23)24/h6-7,10H,3-5,8-9H2,1-2H3,(H,18,22). The minimum atomic E-state index is -3.28. The number of aryl methyl sites for hydroxylation is 2. The van der Waals surface area contributed by atoms with Crippen molar-refractivity contribution in [3.63, 3.8) is 0 Å². The first-order chi connectivity index (χ1) is 11.8. The van der Waals surface area contributed by atoms with Crippen LogP contribution >= 0.6 is 0 Å². The van der Waals surface area contributed by atoms with Crippen LogP contribution in [0.25, 0.3) is 0 Å². The zero-order valence-electron chi connectivity index (χ0n) is 14.2. The van der Waals surface area contributed by atoms with Crippen LogP contribution in [0.2, 0.25) is 0 Å². The quantitative estimate of drug-likeness (QED) is 0.899. The Morgan fingerprint density at radius 2 is 2.04 bits per heavy atom. The van der Waals surface area contributed by atoms with Crippen molar-refractivity contribution in [1.29, 1.82) is 0 Å². The molecule has 0 unspecified atom stereocenters. The average Bonchev–Trinajstić information content (AvgIpc) is 3.22. The molecule has 1 N–H and O–H groups in total. The molecule has 0 spiro atoms. The minimum absolute atomic E-state index is 0.196. The van der Waals surface area contributed by atoms with E-state index in [1.807, 2.05) is 7.05 Å². The van der Waals surface area contributed by atoms with Gasteiger partial charge in [0.1, 0.15) is 5.82 Å². The lowest BCUT2D eigenvalue weighted by molar-refractivity contribution is 0.102. The monoisotopic (exact) mass is 360 g/mol. The number of sulfonamides is 1. The molecule has 1 aromatic carbocycles. The number of hydrogen-bond donors (Lipinski definition) is 1. The maximum absolute atomic E-state index is 12.7. The number of carbonyl (C=O) groups is 1. The van der Waals surface area contributed by atoms with Gasteiger partial charge in [0, 0.05) is 24.7 Å². The summed E-state index contributed by atoms with van der Waals surface area (Å²) < 4.78 is 26.7. The second-order valence-corrected chi connectivity index (χ2v) is 8.54. The predicted molar refractivity (Wildman–Crippen MR) is 95.5 cm³/mol. The lowest BCUT2D eigenvalue weighted by Crippen LogP contribution is -2.27. The number of hydrogen-bond acceptors (Lipinski definition) is 4. The second-order valence-electron chi connectivity index (χ2n) is 6.63. The van der Waals surface area contributed by atoms with Gasteiger partial charge in [0.2, 0.25) is 10.0 Å². The number of carbonyl (C=O) groups excluding carboxylic acids is 1. The minimum Gasteiger partial charge on any atom is -0.307 e. The summed E-state index contributed by atoms with van der Waals surface area (Å²) in [6.45, 7) is 0.425. The van der Waals surface area contributed by atoms with E-state index in [0.29, 0.717) is 24.2 Å². The first-order valence-electron chi connectivity index (χ1n) is 8.31. The molecule has 2 aliphatic rings. The second kappa shape index (κ2) is 5.59. The van der Waals surface area contributed by atoms with Gasteiger partial charge >= 0.3 is 0 Å². The molecule has 0 radical (unpaired) electrons. The Morgan fingerprint density at radius 3 is 2.80 bits per heavy atom. The highest BCUT2D eigenvalue weighted by Gasteiger charge is 2.27. The van der Waals surface area contributed by atoms with Gasteiger partial charge in [-0.2, -0.15) is 5.10 Å². The topological polar surface area (TPSA) is 84.3 Å². The van der Waals surface area contributed by atoms with E-state index in [1.54, 1.807) is 22.9 Å². The number of amides is 1. The molecular formula is C17H20N4O3S. The molecule has 1 aliphatic heterocycles. The Bertz CT molecular complexity index is 978. The number of benzene rings is 1. The summed E-state index contributed by atoms with van der Waals surface area (Å²) in [5, 5.41) is 7.43. The van der Waals surface area contributed by atoms with Crippen LogP contribution in [0.15, 0.2) is 18.2 Å². The van der Waals surface area contributed by atoms with E-state index in [2.05, 4.69) is 10.4 Å². The van der Waals surface area contributed by atoms with Gasteiger partial charge in [-0.05, 0) is 49.4 Å². The van der Waals surface area contributed by atoms with E-state index in [-0.39, 0.29) is 5.91 Å². The first kappa shape index (κ1) is 16.1. The zero-order valence-corrected chi connectivity index (χ0v) is 15.1. The van der Waals surface area contributed by atoms with Crippen LogP contribution < -0.4 is 9.62 Å². The van der Waals surface area contributed by atoms with Crippen molar-refractivity contribution in [2.45, 2.75) is 25.7 Å². The average molecular weight is 360 g/mol. The van der Waals surface area contributed by atoms with Crippen molar-refractivity contribution in [3.8, 4) is 0 Å². The molecule has 1 aromatic heterocycles. The number of nitrogens with zero attached hydrogens (tertiary/aromatic N) is 3. The molecule has 0 saturated heterocycles. The van der Waals surface area contributed by atoms with Crippen LogP contribution in [0.1, 0.15) is 33.6 Å². The molecule has 0 fully saturated rings. The van der Waals surface area contributed by atoms with E-state index in [9.17, 15) is 13.2 Å². The molecule has 0 bridgehead atoms. The summed E-state index contributed by atoms with van der Waals surface area (Å²) in [6.07, 6.45) is 4.78. The highest BCUT2D eigenvalue weighted by Crippen LogP contribution is 2.32. The molecule has 2 aromatic rings. The fraction of sp³-hybridized carbons (Fsp3) is 0.412.